The molecule has 0 fully saturated rings. The van der Waals surface area contributed by atoms with Gasteiger partial charge in [0.15, 0.2) is 0 Å². The van der Waals surface area contributed by atoms with Crippen LogP contribution in [0.1, 0.15) is 29.5 Å². The van der Waals surface area contributed by atoms with Crippen molar-refractivity contribution >= 4 is 0 Å². The molecular weight excluding hydrogens is 204 g/mol. The minimum atomic E-state index is 0.363. The molecule has 86 valence electrons. The third-order valence-corrected chi connectivity index (χ3v) is 2.98. The smallest absolute Gasteiger partial charge is 0.0269 e. The van der Waals surface area contributed by atoms with Gasteiger partial charge < -0.3 is 0 Å². The van der Waals surface area contributed by atoms with E-state index in [9.17, 15) is 0 Å². The normalized spacial score (nSPS) is 12.8. The summed E-state index contributed by atoms with van der Waals surface area (Å²) in [6, 6.07) is 19.4. The second kappa shape index (κ2) is 5.49. The number of allylic oxidation sites excluding steroid dienone is 2. The highest BCUT2D eigenvalue weighted by molar-refractivity contribution is 5.37. The lowest BCUT2D eigenvalue weighted by Crippen LogP contribution is -1.97. The van der Waals surface area contributed by atoms with E-state index in [1.54, 1.807) is 0 Å². The Morgan fingerprint density at radius 2 is 1.41 bits per heavy atom. The monoisotopic (exact) mass is 222 g/mol. The van der Waals surface area contributed by atoms with E-state index < -0.39 is 0 Å². The molecule has 0 heteroatoms. The molecular formula is C17H18. The summed E-state index contributed by atoms with van der Waals surface area (Å²) >= 11 is 0. The molecule has 2 rings (SSSR count). The summed E-state index contributed by atoms with van der Waals surface area (Å²) in [5.41, 5.74) is 4.00. The standard InChI is InChI=1S/C17H18/c1-3-7-17(15-8-5-4-6-9-15)16-12-10-14(2)11-13-16/h3-13,17H,1-2H3. The third-order valence-electron chi connectivity index (χ3n) is 2.98. The van der Waals surface area contributed by atoms with E-state index in [0.717, 1.165) is 0 Å². The number of aryl methyl sites for hydroxylation is 1. The number of rotatable bonds is 3. The Morgan fingerprint density at radius 3 is 2.00 bits per heavy atom. The van der Waals surface area contributed by atoms with E-state index in [-0.39, 0.29) is 0 Å². The molecule has 0 N–H and O–H groups in total. The lowest BCUT2D eigenvalue weighted by molar-refractivity contribution is 1.02. The first-order valence-corrected chi connectivity index (χ1v) is 6.05. The van der Waals surface area contributed by atoms with Crippen LogP contribution in [-0.4, -0.2) is 0 Å². The van der Waals surface area contributed by atoms with Gasteiger partial charge >= 0.3 is 0 Å². The molecule has 0 heterocycles. The van der Waals surface area contributed by atoms with E-state index >= 15 is 0 Å². The highest BCUT2D eigenvalue weighted by Gasteiger charge is 2.09. The summed E-state index contributed by atoms with van der Waals surface area (Å²) in [5, 5.41) is 0. The highest BCUT2D eigenvalue weighted by atomic mass is 14.1. The molecule has 0 nitrogen and oxygen atoms in total. The fourth-order valence-corrected chi connectivity index (χ4v) is 2.04. The molecule has 0 amide bonds. The fourth-order valence-electron chi connectivity index (χ4n) is 2.04. The zero-order valence-electron chi connectivity index (χ0n) is 10.4. The second-order valence-corrected chi connectivity index (χ2v) is 4.32. The Morgan fingerprint density at radius 1 is 0.824 bits per heavy atom. The zero-order chi connectivity index (χ0) is 12.1. The lowest BCUT2D eigenvalue weighted by atomic mass is 9.90. The maximum atomic E-state index is 2.25. The number of benzene rings is 2. The molecule has 0 bridgehead atoms. The Balaban J connectivity index is 2.39. The third kappa shape index (κ3) is 2.85. The van der Waals surface area contributed by atoms with Gasteiger partial charge in [0.25, 0.3) is 0 Å². The summed E-state index contributed by atoms with van der Waals surface area (Å²) in [6.07, 6.45) is 4.37. The average molecular weight is 222 g/mol. The summed E-state index contributed by atoms with van der Waals surface area (Å²) in [4.78, 5) is 0. The highest BCUT2D eigenvalue weighted by Crippen LogP contribution is 2.26. The maximum absolute atomic E-state index is 2.25. The molecule has 0 aliphatic rings. The molecule has 2 aromatic rings. The quantitative estimate of drug-likeness (QED) is 0.660. The number of hydrogen-bond acceptors (Lipinski definition) is 0. The van der Waals surface area contributed by atoms with Crippen molar-refractivity contribution in [3.05, 3.63) is 83.4 Å². The topological polar surface area (TPSA) is 0 Å². The molecule has 0 radical (unpaired) electrons. The molecule has 0 saturated heterocycles. The van der Waals surface area contributed by atoms with Gasteiger partial charge in [0.2, 0.25) is 0 Å². The van der Waals surface area contributed by atoms with Crippen LogP contribution in [0, 0.1) is 6.92 Å². The van der Waals surface area contributed by atoms with Crippen LogP contribution < -0.4 is 0 Å². The first-order chi connectivity index (χ1) is 8.31. The Kier molecular flexibility index (Phi) is 3.77. The van der Waals surface area contributed by atoms with Crippen molar-refractivity contribution in [2.75, 3.05) is 0 Å². The van der Waals surface area contributed by atoms with Crippen molar-refractivity contribution in [1.82, 2.24) is 0 Å². The van der Waals surface area contributed by atoms with Crippen LogP contribution in [0.5, 0.6) is 0 Å². The summed E-state index contributed by atoms with van der Waals surface area (Å²) < 4.78 is 0. The SMILES string of the molecule is CC=CC(c1ccccc1)c1ccc(C)cc1. The van der Waals surface area contributed by atoms with Gasteiger partial charge in [-0.3, -0.25) is 0 Å². The summed E-state index contributed by atoms with van der Waals surface area (Å²) in [5.74, 6) is 0.363. The van der Waals surface area contributed by atoms with Gasteiger partial charge in [0.1, 0.15) is 0 Å². The van der Waals surface area contributed by atoms with Crippen LogP contribution in [0.3, 0.4) is 0 Å². The molecule has 1 unspecified atom stereocenters. The van der Waals surface area contributed by atoms with Gasteiger partial charge in [0.05, 0.1) is 0 Å². The fraction of sp³-hybridized carbons (Fsp3) is 0.176. The lowest BCUT2D eigenvalue weighted by Gasteiger charge is -2.14. The van der Waals surface area contributed by atoms with Crippen LogP contribution in [0.4, 0.5) is 0 Å². The van der Waals surface area contributed by atoms with Crippen molar-refractivity contribution in [3.63, 3.8) is 0 Å². The van der Waals surface area contributed by atoms with Gasteiger partial charge in [-0.05, 0) is 25.0 Å². The molecule has 0 aliphatic carbocycles. The zero-order valence-corrected chi connectivity index (χ0v) is 10.4. The van der Waals surface area contributed by atoms with Crippen molar-refractivity contribution < 1.29 is 0 Å². The minimum absolute atomic E-state index is 0.363. The van der Waals surface area contributed by atoms with Crippen molar-refractivity contribution in [3.8, 4) is 0 Å². The predicted octanol–water partition coefficient (Wildman–Crippen LogP) is 4.70. The molecule has 1 atom stereocenters. The number of hydrogen-bond donors (Lipinski definition) is 0. The van der Waals surface area contributed by atoms with Gasteiger partial charge in [-0.1, -0.05) is 72.3 Å². The van der Waals surface area contributed by atoms with Gasteiger partial charge in [-0.15, -0.1) is 0 Å². The second-order valence-electron chi connectivity index (χ2n) is 4.32. The predicted molar refractivity (Wildman–Crippen MR) is 74.3 cm³/mol. The van der Waals surface area contributed by atoms with Crippen molar-refractivity contribution in [2.24, 2.45) is 0 Å². The van der Waals surface area contributed by atoms with Gasteiger partial charge in [-0.25, -0.2) is 0 Å². The first kappa shape index (κ1) is 11.7. The van der Waals surface area contributed by atoms with Crippen molar-refractivity contribution in [2.45, 2.75) is 19.8 Å². The van der Waals surface area contributed by atoms with E-state index in [1.165, 1.54) is 16.7 Å². The average Bonchev–Trinajstić information content (AvgIpc) is 2.38. The van der Waals surface area contributed by atoms with Crippen LogP contribution in [-0.2, 0) is 0 Å². The van der Waals surface area contributed by atoms with Crippen LogP contribution in [0.25, 0.3) is 0 Å². The first-order valence-electron chi connectivity index (χ1n) is 6.05. The van der Waals surface area contributed by atoms with Gasteiger partial charge in [-0.2, -0.15) is 0 Å². The Hall–Kier alpha value is -1.82. The Bertz CT molecular complexity index is 477. The molecule has 0 aliphatic heterocycles. The summed E-state index contributed by atoms with van der Waals surface area (Å²) in [6.45, 7) is 4.20. The summed E-state index contributed by atoms with van der Waals surface area (Å²) in [7, 11) is 0. The van der Waals surface area contributed by atoms with E-state index in [0.29, 0.717) is 5.92 Å². The maximum Gasteiger partial charge on any atom is 0.0269 e. The molecule has 0 saturated carbocycles. The van der Waals surface area contributed by atoms with Crippen LogP contribution >= 0.6 is 0 Å². The van der Waals surface area contributed by atoms with Crippen LogP contribution in [0.2, 0.25) is 0 Å². The van der Waals surface area contributed by atoms with E-state index in [1.807, 2.05) is 0 Å². The van der Waals surface area contributed by atoms with Crippen LogP contribution in [0.15, 0.2) is 66.7 Å². The molecule has 0 aromatic heterocycles. The Labute approximate surface area is 104 Å². The van der Waals surface area contributed by atoms with E-state index in [4.69, 9.17) is 0 Å². The van der Waals surface area contributed by atoms with Crippen molar-refractivity contribution in [1.29, 1.82) is 0 Å². The molecule has 17 heavy (non-hydrogen) atoms. The molecule has 2 aromatic carbocycles. The largest absolute Gasteiger partial charge is 0.0907 e. The van der Waals surface area contributed by atoms with Gasteiger partial charge in [0, 0.05) is 5.92 Å². The van der Waals surface area contributed by atoms with E-state index in [2.05, 4.69) is 80.6 Å². The molecule has 0 spiro atoms. The minimum Gasteiger partial charge on any atom is -0.0907 e.